The molecule has 0 radical (unpaired) electrons. The summed E-state index contributed by atoms with van der Waals surface area (Å²) >= 11 is 0. The van der Waals surface area contributed by atoms with E-state index in [1.54, 1.807) is 0 Å². The van der Waals surface area contributed by atoms with E-state index in [2.05, 4.69) is 11.1 Å². The normalized spacial score (nSPS) is 10.8. The van der Waals surface area contributed by atoms with Crippen molar-refractivity contribution in [2.24, 2.45) is 0 Å². The van der Waals surface area contributed by atoms with E-state index < -0.39 is 0 Å². The smallest absolute Gasteiger partial charge is 0.156 e. The first-order valence-corrected chi connectivity index (χ1v) is 5.08. The number of nitrogens with zero attached hydrogens (tertiary/aromatic N) is 3. The second-order valence-electron chi connectivity index (χ2n) is 3.76. The summed E-state index contributed by atoms with van der Waals surface area (Å²) in [6.07, 6.45) is 0. The molecule has 1 aromatic carbocycles. The molecule has 0 unspecified atom stereocenters. The van der Waals surface area contributed by atoms with E-state index in [-0.39, 0.29) is 0 Å². The SMILES string of the molecule is Cc1ccc(C#N)c2nc3ccccc3n12. The summed E-state index contributed by atoms with van der Waals surface area (Å²) in [5, 5.41) is 9.05. The molecule has 0 amide bonds. The Morgan fingerprint density at radius 1 is 1.19 bits per heavy atom. The first kappa shape index (κ1) is 8.93. The van der Waals surface area contributed by atoms with Gasteiger partial charge in [0.25, 0.3) is 0 Å². The standard InChI is InChI=1S/C13H9N3/c1-9-6-7-10(8-14)13-15-11-4-2-3-5-12(11)16(9)13/h2-7H,1H3. The Morgan fingerprint density at radius 2 is 2.00 bits per heavy atom. The minimum absolute atomic E-state index is 0.613. The van der Waals surface area contributed by atoms with Gasteiger partial charge in [0.2, 0.25) is 0 Å². The highest BCUT2D eigenvalue weighted by atomic mass is 15.0. The lowest BCUT2D eigenvalue weighted by atomic mass is 10.2. The van der Waals surface area contributed by atoms with Crippen LogP contribution in [-0.4, -0.2) is 9.38 Å². The second kappa shape index (κ2) is 3.07. The molecule has 0 bridgehead atoms. The number of rotatable bonds is 0. The van der Waals surface area contributed by atoms with Crippen LogP contribution in [0.15, 0.2) is 36.4 Å². The third-order valence-corrected chi connectivity index (χ3v) is 2.77. The number of aryl methyl sites for hydroxylation is 1. The van der Waals surface area contributed by atoms with Crippen molar-refractivity contribution in [2.75, 3.05) is 0 Å². The van der Waals surface area contributed by atoms with Crippen LogP contribution >= 0.6 is 0 Å². The maximum Gasteiger partial charge on any atom is 0.156 e. The molecule has 0 aliphatic rings. The summed E-state index contributed by atoms with van der Waals surface area (Å²) < 4.78 is 2.02. The zero-order valence-corrected chi connectivity index (χ0v) is 8.81. The van der Waals surface area contributed by atoms with Crippen LogP contribution in [0.25, 0.3) is 16.7 Å². The minimum atomic E-state index is 0.613. The van der Waals surface area contributed by atoms with Crippen molar-refractivity contribution in [3.05, 3.63) is 47.7 Å². The van der Waals surface area contributed by atoms with E-state index in [4.69, 9.17) is 5.26 Å². The summed E-state index contributed by atoms with van der Waals surface area (Å²) in [7, 11) is 0. The Kier molecular flexibility index (Phi) is 1.72. The molecule has 3 nitrogen and oxygen atoms in total. The summed E-state index contributed by atoms with van der Waals surface area (Å²) in [6.45, 7) is 2.02. The largest absolute Gasteiger partial charge is 0.296 e. The minimum Gasteiger partial charge on any atom is -0.296 e. The average Bonchev–Trinajstić information content (AvgIpc) is 2.69. The number of benzene rings is 1. The van der Waals surface area contributed by atoms with Crippen LogP contribution in [0.2, 0.25) is 0 Å². The predicted molar refractivity (Wildman–Crippen MR) is 62.2 cm³/mol. The Balaban J connectivity index is 2.64. The van der Waals surface area contributed by atoms with Crippen molar-refractivity contribution >= 4 is 16.7 Å². The molecule has 0 N–H and O–H groups in total. The quantitative estimate of drug-likeness (QED) is 0.568. The van der Waals surface area contributed by atoms with Gasteiger partial charge in [-0.25, -0.2) is 4.98 Å². The van der Waals surface area contributed by atoms with Gasteiger partial charge < -0.3 is 0 Å². The molecule has 3 aromatic rings. The Morgan fingerprint density at radius 3 is 2.81 bits per heavy atom. The fraction of sp³-hybridized carbons (Fsp3) is 0.0769. The molecule has 0 aliphatic carbocycles. The molecule has 3 rings (SSSR count). The molecular weight excluding hydrogens is 198 g/mol. The number of pyridine rings is 1. The number of fused-ring (bicyclic) bond motifs is 3. The summed E-state index contributed by atoms with van der Waals surface area (Å²) in [5.41, 5.74) is 4.41. The van der Waals surface area contributed by atoms with Crippen LogP contribution in [0.3, 0.4) is 0 Å². The first-order valence-electron chi connectivity index (χ1n) is 5.08. The number of aromatic nitrogens is 2. The van der Waals surface area contributed by atoms with Gasteiger partial charge in [0.05, 0.1) is 16.6 Å². The highest BCUT2D eigenvalue weighted by Crippen LogP contribution is 2.20. The second-order valence-corrected chi connectivity index (χ2v) is 3.76. The van der Waals surface area contributed by atoms with E-state index >= 15 is 0 Å². The molecule has 76 valence electrons. The maximum atomic E-state index is 9.05. The van der Waals surface area contributed by atoms with Crippen molar-refractivity contribution in [1.82, 2.24) is 9.38 Å². The monoisotopic (exact) mass is 207 g/mol. The molecule has 0 fully saturated rings. The topological polar surface area (TPSA) is 41.1 Å². The lowest BCUT2D eigenvalue weighted by molar-refractivity contribution is 1.12. The zero-order valence-electron chi connectivity index (χ0n) is 8.81. The van der Waals surface area contributed by atoms with Gasteiger partial charge >= 0.3 is 0 Å². The average molecular weight is 207 g/mol. The van der Waals surface area contributed by atoms with E-state index in [0.29, 0.717) is 5.56 Å². The highest BCUT2D eigenvalue weighted by Gasteiger charge is 2.09. The van der Waals surface area contributed by atoms with E-state index in [9.17, 15) is 0 Å². The number of imidazole rings is 1. The molecule has 0 saturated heterocycles. The lowest BCUT2D eigenvalue weighted by Crippen LogP contribution is -1.93. The van der Waals surface area contributed by atoms with E-state index in [1.165, 1.54) is 0 Å². The van der Waals surface area contributed by atoms with Crippen LogP contribution in [0.4, 0.5) is 0 Å². The fourth-order valence-electron chi connectivity index (χ4n) is 2.00. The third-order valence-electron chi connectivity index (χ3n) is 2.77. The van der Waals surface area contributed by atoms with Crippen molar-refractivity contribution in [2.45, 2.75) is 6.92 Å². The number of nitriles is 1. The van der Waals surface area contributed by atoms with Gasteiger partial charge in [0, 0.05) is 5.69 Å². The molecule has 2 aromatic heterocycles. The molecule has 2 heterocycles. The van der Waals surface area contributed by atoms with Crippen LogP contribution in [-0.2, 0) is 0 Å². The molecule has 0 atom stereocenters. The van der Waals surface area contributed by atoms with Gasteiger partial charge in [-0.1, -0.05) is 12.1 Å². The summed E-state index contributed by atoms with van der Waals surface area (Å²) in [5.74, 6) is 0. The number of hydrogen-bond donors (Lipinski definition) is 0. The molecule has 3 heteroatoms. The highest BCUT2D eigenvalue weighted by molar-refractivity contribution is 5.82. The fourth-order valence-corrected chi connectivity index (χ4v) is 2.00. The van der Waals surface area contributed by atoms with Crippen LogP contribution in [0.5, 0.6) is 0 Å². The van der Waals surface area contributed by atoms with Gasteiger partial charge in [-0.2, -0.15) is 5.26 Å². The molecule has 0 aliphatic heterocycles. The Bertz CT molecular complexity index is 732. The third kappa shape index (κ3) is 1.04. The van der Waals surface area contributed by atoms with Crippen LogP contribution < -0.4 is 0 Å². The van der Waals surface area contributed by atoms with Crippen molar-refractivity contribution in [3.63, 3.8) is 0 Å². The van der Waals surface area contributed by atoms with Gasteiger partial charge in [0.15, 0.2) is 5.65 Å². The number of hydrogen-bond acceptors (Lipinski definition) is 2. The molecule has 0 spiro atoms. The zero-order chi connectivity index (χ0) is 11.1. The summed E-state index contributed by atoms with van der Waals surface area (Å²) in [6, 6.07) is 13.8. The van der Waals surface area contributed by atoms with Crippen molar-refractivity contribution in [3.8, 4) is 6.07 Å². The van der Waals surface area contributed by atoms with Crippen molar-refractivity contribution < 1.29 is 0 Å². The van der Waals surface area contributed by atoms with Gasteiger partial charge in [-0.15, -0.1) is 0 Å². The van der Waals surface area contributed by atoms with E-state index in [0.717, 1.165) is 22.4 Å². The molecule has 0 saturated carbocycles. The van der Waals surface area contributed by atoms with Gasteiger partial charge in [-0.3, -0.25) is 4.40 Å². The summed E-state index contributed by atoms with van der Waals surface area (Å²) in [4.78, 5) is 4.49. The van der Waals surface area contributed by atoms with Crippen LogP contribution in [0, 0.1) is 18.3 Å². The van der Waals surface area contributed by atoms with Crippen molar-refractivity contribution in [1.29, 1.82) is 5.26 Å². The first-order chi connectivity index (χ1) is 7.81. The Hall–Kier alpha value is -2.34. The maximum absolute atomic E-state index is 9.05. The van der Waals surface area contributed by atoms with Gasteiger partial charge in [0.1, 0.15) is 6.07 Å². The lowest BCUT2D eigenvalue weighted by Gasteiger charge is -2.01. The Labute approximate surface area is 92.6 Å². The predicted octanol–water partition coefficient (Wildman–Crippen LogP) is 2.67. The van der Waals surface area contributed by atoms with Gasteiger partial charge in [-0.05, 0) is 31.2 Å². The van der Waals surface area contributed by atoms with E-state index in [1.807, 2.05) is 47.7 Å². The van der Waals surface area contributed by atoms with Crippen LogP contribution in [0.1, 0.15) is 11.3 Å². The molecular formula is C13H9N3. The molecule has 16 heavy (non-hydrogen) atoms. The number of para-hydroxylation sites is 2.